The maximum atomic E-state index is 13.7. The number of aliphatic carboxylic acids is 1. The maximum absolute atomic E-state index is 13.7. The zero-order valence-corrected chi connectivity index (χ0v) is 11.8. The van der Waals surface area contributed by atoms with E-state index in [9.17, 15) is 9.18 Å². The first kappa shape index (κ1) is 13.9. The van der Waals surface area contributed by atoms with E-state index in [0.29, 0.717) is 14.9 Å². The van der Waals surface area contributed by atoms with Crippen molar-refractivity contribution in [3.63, 3.8) is 0 Å². The highest BCUT2D eigenvalue weighted by Crippen LogP contribution is 2.33. The topological polar surface area (TPSA) is 76.0 Å². The Morgan fingerprint density at radius 3 is 2.84 bits per heavy atom. The minimum absolute atomic E-state index is 0.0741. The lowest BCUT2D eigenvalue weighted by atomic mass is 10.3. The lowest BCUT2D eigenvalue weighted by molar-refractivity contribution is -0.136. The van der Waals surface area contributed by atoms with Gasteiger partial charge < -0.3 is 5.11 Å². The predicted molar refractivity (Wildman–Crippen MR) is 69.0 cm³/mol. The van der Waals surface area contributed by atoms with Crippen LogP contribution >= 0.6 is 23.1 Å². The van der Waals surface area contributed by atoms with Crippen molar-refractivity contribution in [2.75, 3.05) is 0 Å². The first-order valence-electron chi connectivity index (χ1n) is 5.30. The summed E-state index contributed by atoms with van der Waals surface area (Å²) < 4.78 is 14.3. The Morgan fingerprint density at radius 1 is 1.42 bits per heavy atom. The number of nitrogens with zero attached hydrogens (tertiary/aromatic N) is 3. The van der Waals surface area contributed by atoms with Crippen molar-refractivity contribution in [3.05, 3.63) is 28.4 Å². The average molecular weight is 299 g/mol. The molecule has 0 amide bonds. The van der Waals surface area contributed by atoms with Gasteiger partial charge in [-0.1, -0.05) is 0 Å². The number of carbonyl (C=O) groups is 1. The van der Waals surface area contributed by atoms with Gasteiger partial charge in [0.1, 0.15) is 11.4 Å². The SMILES string of the molecule is Cc1nc(Sc2ncnc(C)c2F)sc1CC(=O)O. The van der Waals surface area contributed by atoms with Crippen molar-refractivity contribution in [3.8, 4) is 0 Å². The molecule has 0 atom stereocenters. The van der Waals surface area contributed by atoms with Gasteiger partial charge in [-0.15, -0.1) is 11.3 Å². The molecule has 0 aliphatic rings. The first-order valence-corrected chi connectivity index (χ1v) is 6.93. The molecule has 2 aromatic heterocycles. The van der Waals surface area contributed by atoms with E-state index in [-0.39, 0.29) is 17.1 Å². The Balaban J connectivity index is 2.24. The van der Waals surface area contributed by atoms with E-state index in [0.717, 1.165) is 11.8 Å². The van der Waals surface area contributed by atoms with E-state index in [1.807, 2.05) is 0 Å². The molecule has 5 nitrogen and oxygen atoms in total. The van der Waals surface area contributed by atoms with Crippen LogP contribution in [0.15, 0.2) is 15.7 Å². The second-order valence-electron chi connectivity index (χ2n) is 3.74. The summed E-state index contributed by atoms with van der Waals surface area (Å²) in [6.45, 7) is 3.30. The highest BCUT2D eigenvalue weighted by molar-refractivity contribution is 8.01. The van der Waals surface area contributed by atoms with E-state index in [4.69, 9.17) is 5.11 Å². The van der Waals surface area contributed by atoms with Crippen LogP contribution in [0.25, 0.3) is 0 Å². The van der Waals surface area contributed by atoms with E-state index in [2.05, 4.69) is 15.0 Å². The van der Waals surface area contributed by atoms with Crippen LogP contribution in [-0.4, -0.2) is 26.0 Å². The van der Waals surface area contributed by atoms with Gasteiger partial charge in [-0.2, -0.15) is 0 Å². The molecule has 0 saturated carbocycles. The number of rotatable bonds is 4. The molecule has 8 heteroatoms. The summed E-state index contributed by atoms with van der Waals surface area (Å²) in [6, 6.07) is 0. The molecular formula is C11H10FN3O2S2. The van der Waals surface area contributed by atoms with Crippen LogP contribution in [0.4, 0.5) is 4.39 Å². The average Bonchev–Trinajstić information content (AvgIpc) is 2.65. The molecule has 2 aromatic rings. The molecule has 1 N–H and O–H groups in total. The van der Waals surface area contributed by atoms with Crippen molar-refractivity contribution in [2.24, 2.45) is 0 Å². The largest absolute Gasteiger partial charge is 0.481 e. The fraction of sp³-hybridized carbons (Fsp3) is 0.273. The Labute approximate surface area is 116 Å². The zero-order valence-electron chi connectivity index (χ0n) is 10.2. The Morgan fingerprint density at radius 2 is 2.16 bits per heavy atom. The van der Waals surface area contributed by atoms with Gasteiger partial charge in [0.25, 0.3) is 0 Å². The number of thiazole rings is 1. The molecule has 0 saturated heterocycles. The van der Waals surface area contributed by atoms with Gasteiger partial charge in [0.05, 0.1) is 17.8 Å². The second-order valence-corrected chi connectivity index (χ2v) is 6.06. The van der Waals surface area contributed by atoms with Gasteiger partial charge in [-0.3, -0.25) is 4.79 Å². The number of aryl methyl sites for hydroxylation is 2. The van der Waals surface area contributed by atoms with Gasteiger partial charge in [0.15, 0.2) is 10.2 Å². The predicted octanol–water partition coefficient (Wildman–Crippen LogP) is 2.47. The van der Waals surface area contributed by atoms with Crippen LogP contribution in [0.1, 0.15) is 16.3 Å². The number of hydrogen-bond acceptors (Lipinski definition) is 6. The maximum Gasteiger partial charge on any atom is 0.308 e. The van der Waals surface area contributed by atoms with Gasteiger partial charge in [-0.05, 0) is 25.6 Å². The number of aromatic nitrogens is 3. The fourth-order valence-corrected chi connectivity index (χ4v) is 3.51. The van der Waals surface area contributed by atoms with Crippen LogP contribution in [0.3, 0.4) is 0 Å². The number of carboxylic acid groups (broad SMARTS) is 1. The lowest BCUT2D eigenvalue weighted by Crippen LogP contribution is -1.99. The van der Waals surface area contributed by atoms with Crippen molar-refractivity contribution in [1.82, 2.24) is 15.0 Å². The van der Waals surface area contributed by atoms with Gasteiger partial charge in [0, 0.05) is 4.88 Å². The third-order valence-corrected chi connectivity index (χ3v) is 4.50. The molecule has 0 aliphatic heterocycles. The lowest BCUT2D eigenvalue weighted by Gasteiger charge is -2.00. The van der Waals surface area contributed by atoms with E-state index >= 15 is 0 Å². The summed E-state index contributed by atoms with van der Waals surface area (Å²) in [6.07, 6.45) is 1.22. The number of carboxylic acids is 1. The monoisotopic (exact) mass is 299 g/mol. The fourth-order valence-electron chi connectivity index (χ4n) is 1.34. The molecule has 0 aliphatic carbocycles. The van der Waals surface area contributed by atoms with Crippen LogP contribution in [0.2, 0.25) is 0 Å². The van der Waals surface area contributed by atoms with Gasteiger partial charge in [-0.25, -0.2) is 19.3 Å². The zero-order chi connectivity index (χ0) is 14.0. The molecule has 2 rings (SSSR count). The second kappa shape index (κ2) is 5.62. The molecule has 0 bridgehead atoms. The Kier molecular flexibility index (Phi) is 4.11. The summed E-state index contributed by atoms with van der Waals surface area (Å²) >= 11 is 2.32. The molecule has 0 aromatic carbocycles. The van der Waals surface area contributed by atoms with Crippen LogP contribution in [0.5, 0.6) is 0 Å². The van der Waals surface area contributed by atoms with Crippen molar-refractivity contribution in [1.29, 1.82) is 0 Å². The summed E-state index contributed by atoms with van der Waals surface area (Å²) in [5.41, 5.74) is 0.928. The van der Waals surface area contributed by atoms with Crippen molar-refractivity contribution in [2.45, 2.75) is 29.6 Å². The molecule has 2 heterocycles. The number of halogens is 1. The summed E-state index contributed by atoms with van der Waals surface area (Å²) in [5.74, 6) is -1.38. The van der Waals surface area contributed by atoms with E-state index < -0.39 is 11.8 Å². The van der Waals surface area contributed by atoms with E-state index in [1.165, 1.54) is 17.7 Å². The minimum atomic E-state index is -0.910. The Bertz CT molecular complexity index is 630. The third-order valence-electron chi connectivity index (χ3n) is 2.30. The molecule has 0 radical (unpaired) electrons. The third kappa shape index (κ3) is 3.27. The van der Waals surface area contributed by atoms with Gasteiger partial charge in [0.2, 0.25) is 0 Å². The molecular weight excluding hydrogens is 289 g/mol. The van der Waals surface area contributed by atoms with Crippen LogP contribution < -0.4 is 0 Å². The summed E-state index contributed by atoms with van der Waals surface area (Å²) in [4.78, 5) is 23.2. The molecule has 0 fully saturated rings. The van der Waals surface area contributed by atoms with Crippen LogP contribution in [-0.2, 0) is 11.2 Å². The molecule has 100 valence electrons. The highest BCUT2D eigenvalue weighted by atomic mass is 32.2. The van der Waals surface area contributed by atoms with Crippen LogP contribution in [0, 0.1) is 19.7 Å². The molecule has 19 heavy (non-hydrogen) atoms. The number of hydrogen-bond donors (Lipinski definition) is 1. The Hall–Kier alpha value is -1.54. The van der Waals surface area contributed by atoms with Gasteiger partial charge >= 0.3 is 5.97 Å². The summed E-state index contributed by atoms with van der Waals surface area (Å²) in [7, 11) is 0. The minimum Gasteiger partial charge on any atom is -0.481 e. The highest BCUT2D eigenvalue weighted by Gasteiger charge is 2.15. The summed E-state index contributed by atoms with van der Waals surface area (Å²) in [5, 5.41) is 8.96. The van der Waals surface area contributed by atoms with Crippen molar-refractivity contribution < 1.29 is 14.3 Å². The molecule has 0 spiro atoms. The van der Waals surface area contributed by atoms with Crippen molar-refractivity contribution >= 4 is 29.1 Å². The quantitative estimate of drug-likeness (QED) is 0.874. The van der Waals surface area contributed by atoms with E-state index in [1.54, 1.807) is 13.8 Å². The first-order chi connectivity index (χ1) is 8.97. The molecule has 0 unspecified atom stereocenters. The standard InChI is InChI=1S/C11H10FN3O2S2/c1-5-7(3-8(16)17)18-11(15-5)19-10-9(12)6(2)13-4-14-10/h4H,3H2,1-2H3,(H,16,17). The smallest absolute Gasteiger partial charge is 0.308 e. The normalized spacial score (nSPS) is 10.7.